The van der Waals surface area contributed by atoms with Crippen LogP contribution in [0.4, 0.5) is 5.69 Å². The van der Waals surface area contributed by atoms with Crippen molar-refractivity contribution < 1.29 is 14.5 Å². The average molecular weight is 444 g/mol. The van der Waals surface area contributed by atoms with Crippen molar-refractivity contribution in [3.8, 4) is 0 Å². The minimum absolute atomic E-state index is 0.0427. The van der Waals surface area contributed by atoms with Crippen LogP contribution < -0.4 is 5.32 Å². The number of carbonyl (C=O) groups is 2. The van der Waals surface area contributed by atoms with Gasteiger partial charge in [-0.05, 0) is 37.0 Å². The molecule has 2 aromatic rings. The minimum atomic E-state index is -0.585. The Balaban J connectivity index is 2.05. The van der Waals surface area contributed by atoms with E-state index in [0.29, 0.717) is 18.8 Å². The molecule has 1 atom stereocenters. The number of hydrogen-bond donors (Lipinski definition) is 1. The first-order valence-corrected chi connectivity index (χ1v) is 11.4. The third kappa shape index (κ3) is 7.40. The Kier molecular flexibility index (Phi) is 9.52. The van der Waals surface area contributed by atoms with Crippen LogP contribution in [0.2, 0.25) is 0 Å². The molecule has 166 valence electrons. The van der Waals surface area contributed by atoms with Gasteiger partial charge in [-0.2, -0.15) is 0 Å². The van der Waals surface area contributed by atoms with Gasteiger partial charge in [-0.15, -0.1) is 11.8 Å². The number of aryl methyl sites for hydroxylation is 1. The van der Waals surface area contributed by atoms with Crippen molar-refractivity contribution in [1.29, 1.82) is 0 Å². The molecule has 31 heavy (non-hydrogen) atoms. The summed E-state index contributed by atoms with van der Waals surface area (Å²) in [6.45, 7) is 6.66. The van der Waals surface area contributed by atoms with E-state index in [0.717, 1.165) is 23.1 Å². The van der Waals surface area contributed by atoms with Gasteiger partial charge in [0.05, 0.1) is 10.7 Å². The number of nitrogens with one attached hydrogen (secondary N) is 1. The normalized spacial score (nSPS) is 11.6. The summed E-state index contributed by atoms with van der Waals surface area (Å²) >= 11 is 1.43. The summed E-state index contributed by atoms with van der Waals surface area (Å²) in [4.78, 5) is 37.5. The van der Waals surface area contributed by atoms with Gasteiger partial charge in [-0.25, -0.2) is 0 Å². The second-order valence-corrected chi connectivity index (χ2v) is 8.32. The highest BCUT2D eigenvalue weighted by molar-refractivity contribution is 7.99. The molecule has 0 aliphatic rings. The summed E-state index contributed by atoms with van der Waals surface area (Å²) in [5.74, 6) is 0.491. The van der Waals surface area contributed by atoms with Gasteiger partial charge in [0.1, 0.15) is 6.04 Å². The Morgan fingerprint density at radius 1 is 1.16 bits per heavy atom. The molecule has 2 amide bonds. The smallest absolute Gasteiger partial charge is 0.269 e. The lowest BCUT2D eigenvalue weighted by atomic mass is 10.1. The molecule has 0 bridgehead atoms. The van der Waals surface area contributed by atoms with Gasteiger partial charge in [-0.1, -0.05) is 43.3 Å². The number of carbonyl (C=O) groups excluding carboxylic acids is 2. The van der Waals surface area contributed by atoms with Crippen LogP contribution in [0.1, 0.15) is 37.0 Å². The lowest BCUT2D eigenvalue weighted by Crippen LogP contribution is -2.48. The van der Waals surface area contributed by atoms with Crippen LogP contribution in [0, 0.1) is 17.0 Å². The largest absolute Gasteiger partial charge is 0.354 e. The maximum atomic E-state index is 13.0. The third-order valence-electron chi connectivity index (χ3n) is 4.96. The number of nitrogens with zero attached hydrogens (tertiary/aromatic N) is 2. The average Bonchev–Trinajstić information content (AvgIpc) is 2.76. The van der Waals surface area contributed by atoms with Gasteiger partial charge in [0.25, 0.3) is 5.69 Å². The van der Waals surface area contributed by atoms with Crippen molar-refractivity contribution in [3.63, 3.8) is 0 Å². The van der Waals surface area contributed by atoms with E-state index < -0.39 is 11.0 Å². The van der Waals surface area contributed by atoms with Gasteiger partial charge < -0.3 is 10.2 Å². The van der Waals surface area contributed by atoms with E-state index in [9.17, 15) is 19.7 Å². The van der Waals surface area contributed by atoms with Crippen molar-refractivity contribution in [2.45, 2.75) is 45.5 Å². The zero-order chi connectivity index (χ0) is 22.8. The molecule has 0 aromatic heterocycles. The Morgan fingerprint density at radius 3 is 2.45 bits per heavy atom. The maximum Gasteiger partial charge on any atom is 0.269 e. The van der Waals surface area contributed by atoms with Crippen molar-refractivity contribution in [2.75, 3.05) is 12.3 Å². The van der Waals surface area contributed by atoms with Gasteiger partial charge in [0, 0.05) is 31.0 Å². The summed E-state index contributed by atoms with van der Waals surface area (Å²) in [6.07, 6.45) is 0.829. The molecular formula is C23H29N3O4S. The first-order valence-electron chi connectivity index (χ1n) is 10.3. The molecule has 0 heterocycles. The van der Waals surface area contributed by atoms with Crippen molar-refractivity contribution in [2.24, 2.45) is 0 Å². The number of nitro benzene ring substituents is 1. The molecule has 0 radical (unpaired) electrons. The summed E-state index contributed by atoms with van der Waals surface area (Å²) in [5.41, 5.74) is 3.02. The molecule has 2 aromatic carbocycles. The van der Waals surface area contributed by atoms with Crippen LogP contribution in [-0.2, 0) is 21.9 Å². The van der Waals surface area contributed by atoms with Crippen LogP contribution in [0.25, 0.3) is 0 Å². The fourth-order valence-electron chi connectivity index (χ4n) is 3.00. The molecule has 0 spiro atoms. The van der Waals surface area contributed by atoms with Crippen LogP contribution in [0.3, 0.4) is 0 Å². The van der Waals surface area contributed by atoms with E-state index in [4.69, 9.17) is 0 Å². The van der Waals surface area contributed by atoms with E-state index in [1.807, 2.05) is 38.1 Å². The quantitative estimate of drug-likeness (QED) is 0.417. The number of nitro groups is 1. The SMILES string of the molecule is CCCNC(=O)[C@@H](C)N(Cc1ccccc1C)C(=O)CSCc1ccc([N+](=O)[O-])cc1. The van der Waals surface area contributed by atoms with Crippen molar-refractivity contribution >= 4 is 29.3 Å². The van der Waals surface area contributed by atoms with Crippen LogP contribution in [0.15, 0.2) is 48.5 Å². The zero-order valence-electron chi connectivity index (χ0n) is 18.2. The Morgan fingerprint density at radius 2 is 1.84 bits per heavy atom. The molecule has 0 unspecified atom stereocenters. The molecule has 0 aliphatic heterocycles. The van der Waals surface area contributed by atoms with Gasteiger partial charge in [0.15, 0.2) is 0 Å². The monoisotopic (exact) mass is 443 g/mol. The lowest BCUT2D eigenvalue weighted by Gasteiger charge is -2.29. The maximum absolute atomic E-state index is 13.0. The molecule has 0 fully saturated rings. The predicted octanol–water partition coefficient (Wildman–Crippen LogP) is 4.08. The van der Waals surface area contributed by atoms with E-state index in [1.165, 1.54) is 23.9 Å². The molecule has 1 N–H and O–H groups in total. The highest BCUT2D eigenvalue weighted by Crippen LogP contribution is 2.19. The second kappa shape index (κ2) is 12.1. The number of thioether (sulfide) groups is 1. The van der Waals surface area contributed by atoms with Gasteiger partial charge >= 0.3 is 0 Å². The highest BCUT2D eigenvalue weighted by atomic mass is 32.2. The lowest BCUT2D eigenvalue weighted by molar-refractivity contribution is -0.384. The third-order valence-corrected chi connectivity index (χ3v) is 5.95. The Hall–Kier alpha value is -2.87. The van der Waals surface area contributed by atoms with Crippen molar-refractivity contribution in [1.82, 2.24) is 10.2 Å². The van der Waals surface area contributed by atoms with Crippen molar-refractivity contribution in [3.05, 3.63) is 75.3 Å². The Bertz CT molecular complexity index is 902. The molecule has 0 aliphatic carbocycles. The summed E-state index contributed by atoms with van der Waals surface area (Å²) < 4.78 is 0. The van der Waals surface area contributed by atoms with Crippen LogP contribution in [-0.4, -0.2) is 40.0 Å². The molecular weight excluding hydrogens is 414 g/mol. The number of non-ortho nitro benzene ring substituents is 1. The number of hydrogen-bond acceptors (Lipinski definition) is 5. The second-order valence-electron chi connectivity index (χ2n) is 7.33. The van der Waals surface area contributed by atoms with E-state index in [-0.39, 0.29) is 23.3 Å². The summed E-state index contributed by atoms with van der Waals surface area (Å²) in [6, 6.07) is 13.6. The Labute approximate surface area is 187 Å². The molecule has 7 nitrogen and oxygen atoms in total. The predicted molar refractivity (Wildman–Crippen MR) is 124 cm³/mol. The summed E-state index contributed by atoms with van der Waals surface area (Å²) in [5, 5.41) is 13.6. The number of rotatable bonds is 11. The minimum Gasteiger partial charge on any atom is -0.354 e. The highest BCUT2D eigenvalue weighted by Gasteiger charge is 2.26. The zero-order valence-corrected chi connectivity index (χ0v) is 19.0. The first kappa shape index (κ1) is 24.4. The van der Waals surface area contributed by atoms with Gasteiger partial charge in [0.2, 0.25) is 11.8 Å². The standard InChI is InChI=1S/C23H29N3O4S/c1-4-13-24-23(28)18(3)25(14-20-8-6-5-7-17(20)2)22(27)16-31-15-19-9-11-21(12-10-19)26(29)30/h5-12,18H,4,13-16H2,1-3H3,(H,24,28)/t18-/m1/s1. The molecule has 2 rings (SSSR count). The number of benzene rings is 2. The molecule has 0 saturated carbocycles. The van der Waals surface area contributed by atoms with E-state index >= 15 is 0 Å². The van der Waals surface area contributed by atoms with E-state index in [1.54, 1.807) is 24.0 Å². The fraction of sp³-hybridized carbons (Fsp3) is 0.391. The molecule has 8 heteroatoms. The van der Waals surface area contributed by atoms with Gasteiger partial charge in [-0.3, -0.25) is 19.7 Å². The summed E-state index contributed by atoms with van der Waals surface area (Å²) in [7, 11) is 0. The van der Waals surface area contributed by atoms with Crippen LogP contribution in [0.5, 0.6) is 0 Å². The fourth-order valence-corrected chi connectivity index (χ4v) is 3.87. The van der Waals surface area contributed by atoms with Crippen LogP contribution >= 0.6 is 11.8 Å². The topological polar surface area (TPSA) is 92.6 Å². The molecule has 0 saturated heterocycles. The van der Waals surface area contributed by atoms with E-state index in [2.05, 4.69) is 5.32 Å². The number of amides is 2. The first-order chi connectivity index (χ1) is 14.8.